The van der Waals surface area contributed by atoms with E-state index in [2.05, 4.69) is 41.5 Å². The number of fused-ring (bicyclic) bond motifs is 4. The van der Waals surface area contributed by atoms with Gasteiger partial charge in [-0.05, 0) is 91.8 Å². The first-order valence-corrected chi connectivity index (χ1v) is 20.6. The van der Waals surface area contributed by atoms with E-state index in [0.717, 1.165) is 57.3 Å². The predicted molar refractivity (Wildman–Crippen MR) is 194 cm³/mol. The third kappa shape index (κ3) is 9.52. The fourth-order valence-electron chi connectivity index (χ4n) is 10.8. The lowest BCUT2D eigenvalue weighted by molar-refractivity contribution is -0.155. The van der Waals surface area contributed by atoms with Crippen LogP contribution >= 0.6 is 0 Å². The van der Waals surface area contributed by atoms with Gasteiger partial charge in [-0.2, -0.15) is 0 Å². The average Bonchev–Trinajstić information content (AvgIpc) is 3.29. The third-order valence-electron chi connectivity index (χ3n) is 13.7. The van der Waals surface area contributed by atoms with Crippen molar-refractivity contribution in [3.05, 3.63) is 11.1 Å². The van der Waals surface area contributed by atoms with Crippen molar-refractivity contribution in [2.75, 3.05) is 0 Å². The number of hydrogen-bond acceptors (Lipinski definition) is 3. The monoisotopic (exact) mass is 639 g/mol. The molecule has 3 saturated carbocycles. The molecule has 3 heteroatoms. The fourth-order valence-corrected chi connectivity index (χ4v) is 10.8. The standard InChI is InChI=1S/C43H74O3/c1-7-8-9-10-11-12-13-14-15-16-17-18-19-23-40(45)46-35-26-28-42(5)34(30-35)24-25-36-37(42)27-29-43(6)38(31-39(44)41(36)43)33(4)22-20-21-32(2)3/h32-35,37-38H,7-31H2,1-6H3/t33-,34+,35-,37+,38-,42+,43-/m1/s1. The minimum Gasteiger partial charge on any atom is -0.462 e. The molecule has 4 rings (SSSR count). The number of unbranched alkanes of at least 4 members (excludes halogenated alkanes) is 12. The molecule has 0 aliphatic heterocycles. The van der Waals surface area contributed by atoms with Gasteiger partial charge >= 0.3 is 5.97 Å². The molecule has 0 spiro atoms. The van der Waals surface area contributed by atoms with Gasteiger partial charge in [0.15, 0.2) is 5.78 Å². The van der Waals surface area contributed by atoms with Gasteiger partial charge in [-0.15, -0.1) is 0 Å². The summed E-state index contributed by atoms with van der Waals surface area (Å²) >= 11 is 0. The zero-order chi connectivity index (χ0) is 33.2. The van der Waals surface area contributed by atoms with E-state index in [4.69, 9.17) is 4.74 Å². The zero-order valence-electron chi connectivity index (χ0n) is 31.4. The Morgan fingerprint density at radius 3 is 2.07 bits per heavy atom. The zero-order valence-corrected chi connectivity index (χ0v) is 31.4. The second-order valence-corrected chi connectivity index (χ2v) is 17.6. The number of ether oxygens (including phenoxy) is 1. The molecular weight excluding hydrogens is 564 g/mol. The van der Waals surface area contributed by atoms with Crippen molar-refractivity contribution in [3.8, 4) is 0 Å². The highest BCUT2D eigenvalue weighted by Gasteiger charge is 2.58. The lowest BCUT2D eigenvalue weighted by Gasteiger charge is -2.56. The molecule has 3 nitrogen and oxygen atoms in total. The maximum Gasteiger partial charge on any atom is 0.306 e. The van der Waals surface area contributed by atoms with E-state index < -0.39 is 0 Å². The molecule has 264 valence electrons. The smallest absolute Gasteiger partial charge is 0.306 e. The molecule has 0 aromatic rings. The van der Waals surface area contributed by atoms with Crippen molar-refractivity contribution in [2.45, 2.75) is 208 Å². The van der Waals surface area contributed by atoms with E-state index in [0.29, 0.717) is 35.9 Å². The molecule has 0 N–H and O–H groups in total. The molecule has 0 bridgehead atoms. The van der Waals surface area contributed by atoms with Gasteiger partial charge in [-0.1, -0.05) is 143 Å². The van der Waals surface area contributed by atoms with Crippen molar-refractivity contribution in [1.82, 2.24) is 0 Å². The van der Waals surface area contributed by atoms with Crippen LogP contribution in [0.4, 0.5) is 0 Å². The van der Waals surface area contributed by atoms with Gasteiger partial charge in [0.05, 0.1) is 0 Å². The number of ketones is 1. The third-order valence-corrected chi connectivity index (χ3v) is 13.7. The Morgan fingerprint density at radius 2 is 1.43 bits per heavy atom. The molecule has 7 atom stereocenters. The largest absolute Gasteiger partial charge is 0.462 e. The van der Waals surface area contributed by atoms with E-state index in [-0.39, 0.29) is 22.9 Å². The van der Waals surface area contributed by atoms with Crippen molar-refractivity contribution in [3.63, 3.8) is 0 Å². The molecule has 4 aliphatic carbocycles. The number of rotatable bonds is 20. The summed E-state index contributed by atoms with van der Waals surface area (Å²) in [4.78, 5) is 26.5. The molecule has 0 saturated heterocycles. The van der Waals surface area contributed by atoms with E-state index in [9.17, 15) is 9.59 Å². The molecule has 4 aliphatic rings. The van der Waals surface area contributed by atoms with Crippen molar-refractivity contribution < 1.29 is 14.3 Å². The number of Topliss-reactive ketones (excluding diaryl/α,β-unsaturated/α-hetero) is 1. The maximum absolute atomic E-state index is 13.7. The van der Waals surface area contributed by atoms with Gasteiger partial charge in [0, 0.05) is 18.4 Å². The number of hydrogen-bond donors (Lipinski definition) is 0. The Bertz CT molecular complexity index is 994. The first-order chi connectivity index (χ1) is 22.1. The number of carbonyl (C=O) groups excluding carboxylic acids is 2. The van der Waals surface area contributed by atoms with Crippen LogP contribution in [-0.4, -0.2) is 17.9 Å². The second-order valence-electron chi connectivity index (χ2n) is 17.6. The Kier molecular flexibility index (Phi) is 14.8. The molecule has 46 heavy (non-hydrogen) atoms. The van der Waals surface area contributed by atoms with E-state index >= 15 is 0 Å². The van der Waals surface area contributed by atoms with Crippen molar-refractivity contribution in [1.29, 1.82) is 0 Å². The summed E-state index contributed by atoms with van der Waals surface area (Å²) in [5.41, 5.74) is 3.19. The van der Waals surface area contributed by atoms with E-state index in [1.165, 1.54) is 108 Å². The number of allylic oxidation sites excluding steroid dienone is 2. The Labute approximate surface area is 285 Å². The van der Waals surface area contributed by atoms with Gasteiger partial charge in [-0.25, -0.2) is 0 Å². The van der Waals surface area contributed by atoms with Gasteiger partial charge in [0.1, 0.15) is 6.10 Å². The lowest BCUT2D eigenvalue weighted by atomic mass is 9.48. The molecular formula is C43H74O3. The summed E-state index contributed by atoms with van der Waals surface area (Å²) in [6.45, 7) is 14.4. The van der Waals surface area contributed by atoms with Crippen LogP contribution < -0.4 is 0 Å². The van der Waals surface area contributed by atoms with Gasteiger partial charge < -0.3 is 4.74 Å². The van der Waals surface area contributed by atoms with E-state index in [1.54, 1.807) is 5.57 Å². The molecule has 0 radical (unpaired) electrons. The topological polar surface area (TPSA) is 43.4 Å². The average molecular weight is 639 g/mol. The van der Waals surface area contributed by atoms with Crippen LogP contribution in [0, 0.1) is 40.4 Å². The Balaban J connectivity index is 1.18. The second kappa shape index (κ2) is 18.0. The molecule has 0 heterocycles. The molecule has 3 fully saturated rings. The highest BCUT2D eigenvalue weighted by molar-refractivity contribution is 6.00. The summed E-state index contributed by atoms with van der Waals surface area (Å²) in [6.07, 6.45) is 30.4. The minimum absolute atomic E-state index is 0.0360. The van der Waals surface area contributed by atoms with Crippen LogP contribution in [0.2, 0.25) is 0 Å². The maximum atomic E-state index is 13.7. The van der Waals surface area contributed by atoms with Crippen LogP contribution in [0.3, 0.4) is 0 Å². The fraction of sp³-hybridized carbons (Fsp3) is 0.907. The summed E-state index contributed by atoms with van der Waals surface area (Å²) in [7, 11) is 0. The Morgan fingerprint density at radius 1 is 0.804 bits per heavy atom. The quantitative estimate of drug-likeness (QED) is 0.0984. The summed E-state index contributed by atoms with van der Waals surface area (Å²) in [6, 6.07) is 0. The SMILES string of the molecule is CCCCCCCCCCCCCCCC(=O)O[C@@H]1CC[C@@]2(C)[C@@H](CCC3=C4C(=O)C[C@H]([C@H](C)CCCC(C)C)[C@@]4(C)CC[C@@H]32)C1. The first kappa shape index (κ1) is 37.7. The van der Waals surface area contributed by atoms with Crippen LogP contribution in [0.15, 0.2) is 11.1 Å². The summed E-state index contributed by atoms with van der Waals surface area (Å²) in [5, 5.41) is 0. The number of carbonyl (C=O) groups is 2. The summed E-state index contributed by atoms with van der Waals surface area (Å²) < 4.78 is 6.11. The van der Waals surface area contributed by atoms with Crippen LogP contribution in [-0.2, 0) is 14.3 Å². The molecule has 0 amide bonds. The normalized spacial score (nSPS) is 31.5. The van der Waals surface area contributed by atoms with Gasteiger partial charge in [0.2, 0.25) is 0 Å². The molecule has 0 aromatic heterocycles. The predicted octanol–water partition coefficient (Wildman–Crippen LogP) is 12.7. The van der Waals surface area contributed by atoms with Crippen LogP contribution in [0.5, 0.6) is 0 Å². The van der Waals surface area contributed by atoms with Crippen LogP contribution in [0.1, 0.15) is 202 Å². The van der Waals surface area contributed by atoms with Gasteiger partial charge in [0.25, 0.3) is 0 Å². The highest BCUT2D eigenvalue weighted by atomic mass is 16.5. The summed E-state index contributed by atoms with van der Waals surface area (Å²) in [5.74, 6) is 3.59. The first-order valence-electron chi connectivity index (χ1n) is 20.6. The lowest BCUT2D eigenvalue weighted by Crippen LogP contribution is -2.49. The number of esters is 1. The van der Waals surface area contributed by atoms with Crippen molar-refractivity contribution in [2.24, 2.45) is 40.4 Å². The Hall–Kier alpha value is -1.12. The van der Waals surface area contributed by atoms with E-state index in [1.807, 2.05) is 0 Å². The minimum atomic E-state index is 0.0360. The molecule has 0 aromatic carbocycles. The molecule has 0 unspecified atom stereocenters. The highest BCUT2D eigenvalue weighted by Crippen LogP contribution is 2.65. The van der Waals surface area contributed by atoms with Gasteiger partial charge in [-0.3, -0.25) is 9.59 Å². The van der Waals surface area contributed by atoms with Crippen molar-refractivity contribution >= 4 is 11.8 Å². The van der Waals surface area contributed by atoms with Crippen LogP contribution in [0.25, 0.3) is 0 Å².